The lowest BCUT2D eigenvalue weighted by Crippen LogP contribution is -2.52. The molecule has 104 valence electrons. The van der Waals surface area contributed by atoms with Crippen molar-refractivity contribution in [2.24, 2.45) is 0 Å². The van der Waals surface area contributed by atoms with Crippen LogP contribution in [0, 0.1) is 11.6 Å². The fourth-order valence-electron chi connectivity index (χ4n) is 2.09. The Morgan fingerprint density at radius 3 is 2.63 bits per heavy atom. The molecule has 0 aromatic heterocycles. The van der Waals surface area contributed by atoms with Crippen LogP contribution < -0.4 is 0 Å². The zero-order valence-corrected chi connectivity index (χ0v) is 11.6. The maximum Gasteiger partial charge on any atom is 0.256 e. The zero-order valence-electron chi connectivity index (χ0n) is 10.8. The van der Waals surface area contributed by atoms with Gasteiger partial charge in [-0.1, -0.05) is 0 Å². The third-order valence-corrected chi connectivity index (χ3v) is 5.10. The van der Waals surface area contributed by atoms with E-state index in [4.69, 9.17) is 0 Å². The van der Waals surface area contributed by atoms with Gasteiger partial charge in [-0.15, -0.1) is 0 Å². The van der Waals surface area contributed by atoms with Crippen molar-refractivity contribution in [2.75, 3.05) is 18.8 Å². The van der Waals surface area contributed by atoms with Crippen LogP contribution in [-0.2, 0) is 10.8 Å². The summed E-state index contributed by atoms with van der Waals surface area (Å²) in [5.74, 6) is -1.69. The van der Waals surface area contributed by atoms with Crippen molar-refractivity contribution in [1.29, 1.82) is 0 Å². The first-order chi connectivity index (χ1) is 8.81. The van der Waals surface area contributed by atoms with Gasteiger partial charge >= 0.3 is 0 Å². The van der Waals surface area contributed by atoms with E-state index in [0.717, 1.165) is 12.1 Å². The summed E-state index contributed by atoms with van der Waals surface area (Å²) in [6, 6.07) is 2.90. The first-order valence-corrected chi connectivity index (χ1v) is 7.26. The highest BCUT2D eigenvalue weighted by Crippen LogP contribution is 2.22. The molecule has 1 heterocycles. The summed E-state index contributed by atoms with van der Waals surface area (Å²) in [5.41, 5.74) is -0.148. The molecule has 6 heteroatoms. The summed E-state index contributed by atoms with van der Waals surface area (Å²) in [6.45, 7) is 4.24. The highest BCUT2D eigenvalue weighted by molar-refractivity contribution is 7.86. The standard InChI is InChI=1S/C13H15F2NO2S/c1-13(2)8-16(5-6-19(13)18)12(17)10-4-3-9(14)7-11(10)15/h3-4,7H,5-6,8H2,1-2H3. The number of rotatable bonds is 1. The Morgan fingerprint density at radius 2 is 2.05 bits per heavy atom. The third-order valence-electron chi connectivity index (χ3n) is 3.18. The molecule has 3 nitrogen and oxygen atoms in total. The largest absolute Gasteiger partial charge is 0.336 e. The number of nitrogens with zero attached hydrogens (tertiary/aromatic N) is 1. The summed E-state index contributed by atoms with van der Waals surface area (Å²) >= 11 is 0. The number of benzene rings is 1. The second-order valence-corrected chi connectivity index (χ2v) is 7.36. The molecule has 2 rings (SSSR count). The first-order valence-electron chi connectivity index (χ1n) is 5.94. The van der Waals surface area contributed by atoms with Gasteiger partial charge in [-0.25, -0.2) is 8.78 Å². The molecule has 1 aromatic carbocycles. The van der Waals surface area contributed by atoms with E-state index in [-0.39, 0.29) is 5.56 Å². The van der Waals surface area contributed by atoms with E-state index in [1.807, 2.05) is 13.8 Å². The summed E-state index contributed by atoms with van der Waals surface area (Å²) in [4.78, 5) is 13.7. The van der Waals surface area contributed by atoms with Crippen LogP contribution in [0.1, 0.15) is 24.2 Å². The van der Waals surface area contributed by atoms with Gasteiger partial charge in [0.15, 0.2) is 0 Å². The lowest BCUT2D eigenvalue weighted by Gasteiger charge is -2.37. The van der Waals surface area contributed by atoms with Gasteiger partial charge in [0.2, 0.25) is 0 Å². The molecule has 1 amide bonds. The monoisotopic (exact) mass is 287 g/mol. The number of hydrogen-bond acceptors (Lipinski definition) is 2. The average Bonchev–Trinajstić information content (AvgIpc) is 2.32. The fourth-order valence-corrected chi connectivity index (χ4v) is 3.33. The summed E-state index contributed by atoms with van der Waals surface area (Å²) < 4.78 is 37.7. The lowest BCUT2D eigenvalue weighted by atomic mass is 10.1. The Labute approximate surface area is 113 Å². The van der Waals surface area contributed by atoms with Crippen molar-refractivity contribution in [3.63, 3.8) is 0 Å². The Bertz CT molecular complexity index is 545. The van der Waals surface area contributed by atoms with E-state index in [0.29, 0.717) is 24.9 Å². The van der Waals surface area contributed by atoms with Gasteiger partial charge in [-0.2, -0.15) is 0 Å². The SMILES string of the molecule is CC1(C)CN(C(=O)c2ccc(F)cc2F)CCS1=O. The smallest absolute Gasteiger partial charge is 0.256 e. The lowest BCUT2D eigenvalue weighted by molar-refractivity contribution is 0.0741. The van der Waals surface area contributed by atoms with Gasteiger partial charge in [-0.05, 0) is 26.0 Å². The minimum atomic E-state index is -1.00. The highest BCUT2D eigenvalue weighted by Gasteiger charge is 2.36. The molecule has 1 unspecified atom stereocenters. The van der Waals surface area contributed by atoms with Crippen LogP contribution in [0.3, 0.4) is 0 Å². The fraction of sp³-hybridized carbons (Fsp3) is 0.462. The minimum absolute atomic E-state index is 0.148. The van der Waals surface area contributed by atoms with E-state index >= 15 is 0 Å². The van der Waals surface area contributed by atoms with Crippen molar-refractivity contribution in [2.45, 2.75) is 18.6 Å². The Hall–Kier alpha value is -1.30. The molecule has 1 aliphatic rings. The van der Waals surface area contributed by atoms with Crippen LogP contribution in [0.5, 0.6) is 0 Å². The summed E-state index contributed by atoms with van der Waals surface area (Å²) in [5, 5.41) is 0. The van der Waals surface area contributed by atoms with Gasteiger partial charge in [0, 0.05) is 35.7 Å². The molecule has 0 saturated carbocycles. The number of carbonyl (C=O) groups excluding carboxylic acids is 1. The molecule has 1 saturated heterocycles. The van der Waals surface area contributed by atoms with E-state index in [9.17, 15) is 17.8 Å². The quantitative estimate of drug-likeness (QED) is 0.791. The van der Waals surface area contributed by atoms with E-state index in [2.05, 4.69) is 0 Å². The second-order valence-electron chi connectivity index (χ2n) is 5.16. The molecule has 1 aromatic rings. The second kappa shape index (κ2) is 5.00. The predicted octanol–water partition coefficient (Wildman–Crippen LogP) is 1.95. The average molecular weight is 287 g/mol. The molecular formula is C13H15F2NO2S. The van der Waals surface area contributed by atoms with Crippen molar-refractivity contribution >= 4 is 16.7 Å². The van der Waals surface area contributed by atoms with Crippen LogP contribution in [-0.4, -0.2) is 38.6 Å². The van der Waals surface area contributed by atoms with Crippen LogP contribution in [0.4, 0.5) is 8.78 Å². The van der Waals surface area contributed by atoms with Gasteiger partial charge in [0.25, 0.3) is 5.91 Å². The molecule has 0 radical (unpaired) electrons. The maximum atomic E-state index is 13.6. The number of carbonyl (C=O) groups is 1. The molecule has 0 spiro atoms. The van der Waals surface area contributed by atoms with Crippen molar-refractivity contribution in [3.8, 4) is 0 Å². The van der Waals surface area contributed by atoms with Gasteiger partial charge in [-0.3, -0.25) is 9.00 Å². The Kier molecular flexibility index (Phi) is 3.71. The van der Waals surface area contributed by atoms with Gasteiger partial charge < -0.3 is 4.90 Å². The molecular weight excluding hydrogens is 272 g/mol. The Morgan fingerprint density at radius 1 is 1.37 bits per heavy atom. The summed E-state index contributed by atoms with van der Waals surface area (Å²) in [7, 11) is -1.00. The predicted molar refractivity (Wildman–Crippen MR) is 69.3 cm³/mol. The molecule has 0 N–H and O–H groups in total. The third kappa shape index (κ3) is 2.83. The van der Waals surface area contributed by atoms with Gasteiger partial charge in [0.1, 0.15) is 11.6 Å². The number of halogens is 2. The first kappa shape index (κ1) is 14.1. The Balaban J connectivity index is 2.23. The number of amides is 1. The van der Waals surface area contributed by atoms with Crippen molar-refractivity contribution in [3.05, 3.63) is 35.4 Å². The normalized spacial score (nSPS) is 22.3. The van der Waals surface area contributed by atoms with Crippen LogP contribution in [0.15, 0.2) is 18.2 Å². The van der Waals surface area contributed by atoms with Gasteiger partial charge in [0.05, 0.1) is 10.3 Å². The number of hydrogen-bond donors (Lipinski definition) is 0. The van der Waals surface area contributed by atoms with Crippen LogP contribution in [0.2, 0.25) is 0 Å². The van der Waals surface area contributed by atoms with Crippen molar-refractivity contribution < 1.29 is 17.8 Å². The molecule has 0 bridgehead atoms. The topological polar surface area (TPSA) is 37.4 Å². The van der Waals surface area contributed by atoms with Crippen LogP contribution in [0.25, 0.3) is 0 Å². The minimum Gasteiger partial charge on any atom is -0.336 e. The molecule has 19 heavy (non-hydrogen) atoms. The zero-order chi connectivity index (χ0) is 14.2. The molecule has 0 aliphatic carbocycles. The highest BCUT2D eigenvalue weighted by atomic mass is 32.2. The molecule has 1 fully saturated rings. The maximum absolute atomic E-state index is 13.6. The van der Waals surface area contributed by atoms with Crippen molar-refractivity contribution in [1.82, 2.24) is 4.90 Å². The van der Waals surface area contributed by atoms with E-state index in [1.165, 1.54) is 4.90 Å². The molecule has 1 aliphatic heterocycles. The van der Waals surface area contributed by atoms with E-state index < -0.39 is 33.1 Å². The summed E-state index contributed by atoms with van der Waals surface area (Å²) in [6.07, 6.45) is 0. The molecule has 1 atom stereocenters. The van der Waals surface area contributed by atoms with Crippen LogP contribution >= 0.6 is 0 Å². The van der Waals surface area contributed by atoms with E-state index in [1.54, 1.807) is 0 Å².